The van der Waals surface area contributed by atoms with Crippen molar-refractivity contribution in [2.24, 2.45) is 0 Å². The Morgan fingerprint density at radius 1 is 1.12 bits per heavy atom. The standard InChI is InChI=1S/C20H21N3O2S/c24-19(9-10-20-22-16-6-2-4-8-18(16)26-20)21-15-5-1-3-7-17(15)23-11-13-25-14-12-23/h1-8H,9-14H2,(H,21,24). The van der Waals surface area contributed by atoms with Gasteiger partial charge in [-0.15, -0.1) is 11.3 Å². The molecule has 26 heavy (non-hydrogen) atoms. The number of nitrogens with one attached hydrogen (secondary N) is 1. The average Bonchev–Trinajstić information content (AvgIpc) is 3.11. The largest absolute Gasteiger partial charge is 0.378 e. The average molecular weight is 367 g/mol. The smallest absolute Gasteiger partial charge is 0.224 e. The van der Waals surface area contributed by atoms with Gasteiger partial charge < -0.3 is 15.0 Å². The van der Waals surface area contributed by atoms with Gasteiger partial charge in [-0.05, 0) is 24.3 Å². The number of para-hydroxylation sites is 3. The van der Waals surface area contributed by atoms with Crippen molar-refractivity contribution in [3.05, 3.63) is 53.5 Å². The van der Waals surface area contributed by atoms with Crippen molar-refractivity contribution in [1.29, 1.82) is 0 Å². The summed E-state index contributed by atoms with van der Waals surface area (Å²) in [5.74, 6) is 0.0185. The van der Waals surface area contributed by atoms with Crippen LogP contribution in [0.15, 0.2) is 48.5 Å². The van der Waals surface area contributed by atoms with Crippen molar-refractivity contribution in [3.63, 3.8) is 0 Å². The molecule has 0 spiro atoms. The number of hydrogen-bond donors (Lipinski definition) is 1. The van der Waals surface area contributed by atoms with Gasteiger partial charge in [0.1, 0.15) is 0 Å². The van der Waals surface area contributed by atoms with Crippen LogP contribution in [-0.2, 0) is 16.0 Å². The third-order valence-electron chi connectivity index (χ3n) is 4.43. The van der Waals surface area contributed by atoms with Gasteiger partial charge in [-0.2, -0.15) is 0 Å². The number of rotatable bonds is 5. The Morgan fingerprint density at radius 2 is 1.88 bits per heavy atom. The van der Waals surface area contributed by atoms with E-state index in [2.05, 4.69) is 27.3 Å². The van der Waals surface area contributed by atoms with Crippen molar-refractivity contribution in [2.45, 2.75) is 12.8 Å². The number of carbonyl (C=O) groups is 1. The Hall–Kier alpha value is -2.44. The number of aryl methyl sites for hydroxylation is 1. The fourth-order valence-corrected chi connectivity index (χ4v) is 4.09. The lowest BCUT2D eigenvalue weighted by atomic mass is 10.2. The van der Waals surface area contributed by atoms with E-state index in [0.717, 1.165) is 48.2 Å². The number of anilines is 2. The van der Waals surface area contributed by atoms with Crippen molar-refractivity contribution in [3.8, 4) is 0 Å². The summed E-state index contributed by atoms with van der Waals surface area (Å²) in [6, 6.07) is 16.0. The number of morpholine rings is 1. The minimum absolute atomic E-state index is 0.0185. The maximum atomic E-state index is 12.5. The summed E-state index contributed by atoms with van der Waals surface area (Å²) in [6.45, 7) is 3.14. The first kappa shape index (κ1) is 17.0. The van der Waals surface area contributed by atoms with Gasteiger partial charge in [-0.3, -0.25) is 4.79 Å². The number of ether oxygens (including phenoxy) is 1. The fourth-order valence-electron chi connectivity index (χ4n) is 3.12. The highest BCUT2D eigenvalue weighted by Crippen LogP contribution is 2.27. The van der Waals surface area contributed by atoms with Gasteiger partial charge in [0, 0.05) is 25.9 Å². The number of aromatic nitrogens is 1. The lowest BCUT2D eigenvalue weighted by Gasteiger charge is -2.30. The summed E-state index contributed by atoms with van der Waals surface area (Å²) in [7, 11) is 0. The molecule has 1 aliphatic heterocycles. The lowest BCUT2D eigenvalue weighted by Crippen LogP contribution is -2.36. The van der Waals surface area contributed by atoms with Crippen LogP contribution in [0, 0.1) is 0 Å². The van der Waals surface area contributed by atoms with Crippen LogP contribution in [0.5, 0.6) is 0 Å². The first-order valence-corrected chi connectivity index (χ1v) is 9.67. The van der Waals surface area contributed by atoms with E-state index in [1.54, 1.807) is 11.3 Å². The van der Waals surface area contributed by atoms with Crippen LogP contribution >= 0.6 is 11.3 Å². The summed E-state index contributed by atoms with van der Waals surface area (Å²) in [4.78, 5) is 19.3. The van der Waals surface area contributed by atoms with Crippen molar-refractivity contribution >= 4 is 38.8 Å². The fraction of sp³-hybridized carbons (Fsp3) is 0.300. The molecule has 4 rings (SSSR count). The Kier molecular flexibility index (Phi) is 5.13. The van der Waals surface area contributed by atoms with Crippen LogP contribution in [0.1, 0.15) is 11.4 Å². The lowest BCUT2D eigenvalue weighted by molar-refractivity contribution is -0.116. The summed E-state index contributed by atoms with van der Waals surface area (Å²) in [5, 5.41) is 4.07. The molecule has 1 aromatic heterocycles. The number of amides is 1. The Balaban J connectivity index is 1.40. The molecule has 1 amide bonds. The zero-order chi connectivity index (χ0) is 17.8. The van der Waals surface area contributed by atoms with Gasteiger partial charge in [-0.1, -0.05) is 24.3 Å². The van der Waals surface area contributed by atoms with Gasteiger partial charge in [0.05, 0.1) is 39.8 Å². The minimum Gasteiger partial charge on any atom is -0.378 e. The highest BCUT2D eigenvalue weighted by Gasteiger charge is 2.16. The number of thiazole rings is 1. The third kappa shape index (κ3) is 3.86. The Morgan fingerprint density at radius 3 is 2.73 bits per heavy atom. The predicted molar refractivity (Wildman–Crippen MR) is 106 cm³/mol. The summed E-state index contributed by atoms with van der Waals surface area (Å²) in [6.07, 6.45) is 1.09. The first-order chi connectivity index (χ1) is 12.8. The SMILES string of the molecule is O=C(CCc1nc2ccccc2s1)Nc1ccccc1N1CCOCC1. The highest BCUT2D eigenvalue weighted by atomic mass is 32.1. The molecule has 0 radical (unpaired) electrons. The van der Waals surface area contributed by atoms with E-state index in [1.165, 1.54) is 4.70 Å². The maximum Gasteiger partial charge on any atom is 0.224 e. The number of hydrogen-bond acceptors (Lipinski definition) is 5. The quantitative estimate of drug-likeness (QED) is 0.747. The molecule has 134 valence electrons. The normalized spacial score (nSPS) is 14.5. The molecule has 0 unspecified atom stereocenters. The number of carbonyl (C=O) groups excluding carboxylic acids is 1. The van der Waals surface area contributed by atoms with Gasteiger partial charge >= 0.3 is 0 Å². The molecule has 2 heterocycles. The van der Waals surface area contributed by atoms with Crippen LogP contribution in [0.3, 0.4) is 0 Å². The molecule has 0 bridgehead atoms. The molecule has 6 heteroatoms. The highest BCUT2D eigenvalue weighted by molar-refractivity contribution is 7.18. The van der Waals surface area contributed by atoms with E-state index in [-0.39, 0.29) is 5.91 Å². The topological polar surface area (TPSA) is 54.5 Å². The van der Waals surface area contributed by atoms with Gasteiger partial charge in [0.15, 0.2) is 0 Å². The van der Waals surface area contributed by atoms with E-state index in [4.69, 9.17) is 4.74 Å². The van der Waals surface area contributed by atoms with Crippen LogP contribution in [0.25, 0.3) is 10.2 Å². The van der Waals surface area contributed by atoms with Crippen LogP contribution in [0.2, 0.25) is 0 Å². The number of nitrogens with zero attached hydrogens (tertiary/aromatic N) is 2. The second-order valence-corrected chi connectivity index (χ2v) is 7.36. The Bertz CT molecular complexity index is 870. The van der Waals surface area contributed by atoms with Crippen molar-refractivity contribution in [2.75, 3.05) is 36.5 Å². The van der Waals surface area contributed by atoms with Crippen LogP contribution in [0.4, 0.5) is 11.4 Å². The second kappa shape index (κ2) is 7.85. The monoisotopic (exact) mass is 367 g/mol. The van der Waals surface area contributed by atoms with Crippen molar-refractivity contribution < 1.29 is 9.53 Å². The van der Waals surface area contributed by atoms with E-state index >= 15 is 0 Å². The summed E-state index contributed by atoms with van der Waals surface area (Å²) < 4.78 is 6.59. The van der Waals surface area contributed by atoms with Crippen LogP contribution in [-0.4, -0.2) is 37.2 Å². The molecule has 2 aromatic carbocycles. The molecule has 1 saturated heterocycles. The number of benzene rings is 2. The molecule has 1 aliphatic rings. The van der Waals surface area contributed by atoms with Gasteiger partial charge in [-0.25, -0.2) is 4.98 Å². The molecule has 0 atom stereocenters. The first-order valence-electron chi connectivity index (χ1n) is 8.85. The molecule has 1 N–H and O–H groups in total. The van der Waals surface area contributed by atoms with Gasteiger partial charge in [0.25, 0.3) is 0 Å². The zero-order valence-corrected chi connectivity index (χ0v) is 15.3. The molecule has 3 aromatic rings. The molecule has 0 aliphatic carbocycles. The molecule has 0 saturated carbocycles. The minimum atomic E-state index is 0.0185. The van der Waals surface area contributed by atoms with Gasteiger partial charge in [0.2, 0.25) is 5.91 Å². The van der Waals surface area contributed by atoms with Crippen molar-refractivity contribution in [1.82, 2.24) is 4.98 Å². The van der Waals surface area contributed by atoms with Crippen LogP contribution < -0.4 is 10.2 Å². The molecule has 1 fully saturated rings. The Labute approximate surface area is 156 Å². The summed E-state index contributed by atoms with van der Waals surface area (Å²) in [5.41, 5.74) is 2.93. The van der Waals surface area contributed by atoms with E-state index < -0.39 is 0 Å². The maximum absolute atomic E-state index is 12.5. The van der Waals surface area contributed by atoms with E-state index in [9.17, 15) is 4.79 Å². The molecule has 5 nitrogen and oxygen atoms in total. The second-order valence-electron chi connectivity index (χ2n) is 6.24. The number of fused-ring (bicyclic) bond motifs is 1. The van der Waals surface area contributed by atoms with E-state index in [0.29, 0.717) is 12.8 Å². The molecular weight excluding hydrogens is 346 g/mol. The third-order valence-corrected chi connectivity index (χ3v) is 5.53. The van der Waals surface area contributed by atoms with E-state index in [1.807, 2.05) is 36.4 Å². The predicted octanol–water partition coefficient (Wildman–Crippen LogP) is 3.70. The molecular formula is C20H21N3O2S. The summed E-state index contributed by atoms with van der Waals surface area (Å²) >= 11 is 1.66. The zero-order valence-electron chi connectivity index (χ0n) is 14.5.